The number of benzene rings is 1. The van der Waals surface area contributed by atoms with Crippen LogP contribution < -0.4 is 16.4 Å². The van der Waals surface area contributed by atoms with E-state index in [4.69, 9.17) is 5.73 Å². The largest absolute Gasteiger partial charge is 0.385 e. The van der Waals surface area contributed by atoms with Crippen molar-refractivity contribution >= 4 is 17.3 Å². The van der Waals surface area contributed by atoms with Gasteiger partial charge in [0.05, 0.1) is 0 Å². The molecule has 1 atom stereocenters. The third-order valence-electron chi connectivity index (χ3n) is 3.36. The molecule has 1 aromatic rings. The lowest BCUT2D eigenvalue weighted by Crippen LogP contribution is -2.27. The van der Waals surface area contributed by atoms with Crippen molar-refractivity contribution in [1.82, 2.24) is 0 Å². The van der Waals surface area contributed by atoms with Crippen molar-refractivity contribution in [3.63, 3.8) is 0 Å². The Morgan fingerprint density at radius 1 is 1.37 bits per heavy atom. The van der Waals surface area contributed by atoms with E-state index in [1.165, 1.54) is 6.92 Å². The van der Waals surface area contributed by atoms with Crippen LogP contribution >= 0.6 is 0 Å². The van der Waals surface area contributed by atoms with Gasteiger partial charge in [-0.2, -0.15) is 0 Å². The number of nitrogens with two attached hydrogens (primary N) is 1. The molecule has 1 unspecified atom stereocenters. The predicted octanol–water partition coefficient (Wildman–Crippen LogP) is 2.60. The fraction of sp³-hybridized carbons (Fsp3) is 0.533. The van der Waals surface area contributed by atoms with E-state index in [-0.39, 0.29) is 5.91 Å². The van der Waals surface area contributed by atoms with Crippen LogP contribution in [0.3, 0.4) is 0 Å². The molecule has 0 bridgehead atoms. The van der Waals surface area contributed by atoms with Crippen molar-refractivity contribution < 1.29 is 4.79 Å². The molecule has 1 aromatic carbocycles. The van der Waals surface area contributed by atoms with E-state index in [1.54, 1.807) is 0 Å². The number of nitrogens with one attached hydrogen (secondary N) is 2. The number of carbonyl (C=O) groups is 1. The second kappa shape index (κ2) is 7.14. The normalized spacial score (nSPS) is 12.3. The fourth-order valence-corrected chi connectivity index (χ4v) is 1.90. The lowest BCUT2D eigenvalue weighted by molar-refractivity contribution is -0.114. The molecule has 106 valence electrons. The molecule has 1 amide bonds. The molecule has 4 heteroatoms. The summed E-state index contributed by atoms with van der Waals surface area (Å²) in [6.45, 7) is 9.37. The van der Waals surface area contributed by atoms with Crippen LogP contribution in [-0.4, -0.2) is 19.0 Å². The van der Waals surface area contributed by atoms with Crippen LogP contribution in [-0.2, 0) is 4.79 Å². The van der Waals surface area contributed by atoms with Gasteiger partial charge in [0.1, 0.15) is 0 Å². The lowest BCUT2D eigenvalue weighted by atomic mass is 9.96. The molecule has 0 aliphatic carbocycles. The minimum atomic E-state index is -0.0535. The van der Waals surface area contributed by atoms with Gasteiger partial charge in [0, 0.05) is 24.8 Å². The van der Waals surface area contributed by atoms with E-state index >= 15 is 0 Å². The summed E-state index contributed by atoms with van der Waals surface area (Å²) in [5.74, 6) is 0.950. The minimum absolute atomic E-state index is 0.0535. The molecule has 1 rings (SSSR count). The molecule has 0 radical (unpaired) electrons. The summed E-state index contributed by atoms with van der Waals surface area (Å²) < 4.78 is 0. The zero-order valence-electron chi connectivity index (χ0n) is 12.3. The van der Waals surface area contributed by atoms with Crippen LogP contribution in [0.2, 0.25) is 0 Å². The van der Waals surface area contributed by atoms with Gasteiger partial charge in [0.2, 0.25) is 5.91 Å². The van der Waals surface area contributed by atoms with Crippen LogP contribution in [0, 0.1) is 18.8 Å². The van der Waals surface area contributed by atoms with Crippen LogP contribution in [0.4, 0.5) is 11.4 Å². The lowest BCUT2D eigenvalue weighted by Gasteiger charge is -2.20. The van der Waals surface area contributed by atoms with Gasteiger partial charge in [-0.05, 0) is 43.0 Å². The Morgan fingerprint density at radius 3 is 2.58 bits per heavy atom. The molecule has 19 heavy (non-hydrogen) atoms. The molecule has 0 aliphatic heterocycles. The summed E-state index contributed by atoms with van der Waals surface area (Å²) in [7, 11) is 0. The van der Waals surface area contributed by atoms with Crippen molar-refractivity contribution in [2.45, 2.75) is 27.7 Å². The highest BCUT2D eigenvalue weighted by Crippen LogP contribution is 2.21. The van der Waals surface area contributed by atoms with E-state index in [2.05, 4.69) is 24.5 Å². The SMILES string of the molecule is CC(=O)Nc1cc(NCC(CN)C(C)C)ccc1C. The second-order valence-corrected chi connectivity index (χ2v) is 5.33. The number of amides is 1. The molecular weight excluding hydrogens is 238 g/mol. The predicted molar refractivity (Wildman–Crippen MR) is 81.4 cm³/mol. The Labute approximate surface area is 115 Å². The molecule has 0 heterocycles. The molecule has 0 aromatic heterocycles. The van der Waals surface area contributed by atoms with Gasteiger partial charge in [-0.15, -0.1) is 0 Å². The van der Waals surface area contributed by atoms with Gasteiger partial charge >= 0.3 is 0 Å². The Balaban J connectivity index is 2.71. The summed E-state index contributed by atoms with van der Waals surface area (Å²) in [5, 5.41) is 6.22. The van der Waals surface area contributed by atoms with Crippen molar-refractivity contribution in [2.24, 2.45) is 17.6 Å². The van der Waals surface area contributed by atoms with Crippen LogP contribution in [0.15, 0.2) is 18.2 Å². The van der Waals surface area contributed by atoms with Gasteiger partial charge in [0.15, 0.2) is 0 Å². The van der Waals surface area contributed by atoms with Gasteiger partial charge < -0.3 is 16.4 Å². The standard InChI is InChI=1S/C15H25N3O/c1-10(2)13(8-16)9-17-14-6-5-11(3)15(7-14)18-12(4)19/h5-7,10,13,17H,8-9,16H2,1-4H3,(H,18,19). The number of hydrogen-bond donors (Lipinski definition) is 3. The Kier molecular flexibility index (Phi) is 5.83. The topological polar surface area (TPSA) is 67.2 Å². The summed E-state index contributed by atoms with van der Waals surface area (Å²) in [6.07, 6.45) is 0. The van der Waals surface area contributed by atoms with Crippen molar-refractivity contribution in [2.75, 3.05) is 23.7 Å². The van der Waals surface area contributed by atoms with Crippen LogP contribution in [0.5, 0.6) is 0 Å². The molecule has 4 nitrogen and oxygen atoms in total. The molecule has 0 saturated heterocycles. The van der Waals surface area contributed by atoms with E-state index < -0.39 is 0 Å². The number of anilines is 2. The highest BCUT2D eigenvalue weighted by atomic mass is 16.1. The summed E-state index contributed by atoms with van der Waals surface area (Å²) in [4.78, 5) is 11.1. The summed E-state index contributed by atoms with van der Waals surface area (Å²) in [6, 6.07) is 5.99. The molecule has 4 N–H and O–H groups in total. The monoisotopic (exact) mass is 263 g/mol. The first-order chi connectivity index (χ1) is 8.93. The van der Waals surface area contributed by atoms with E-state index in [1.807, 2.05) is 25.1 Å². The molecule has 0 spiro atoms. The Morgan fingerprint density at radius 2 is 2.05 bits per heavy atom. The third-order valence-corrected chi connectivity index (χ3v) is 3.36. The number of hydrogen-bond acceptors (Lipinski definition) is 3. The zero-order valence-corrected chi connectivity index (χ0v) is 12.3. The quantitative estimate of drug-likeness (QED) is 0.739. The van der Waals surface area contributed by atoms with E-state index in [0.29, 0.717) is 18.4 Å². The highest BCUT2D eigenvalue weighted by Gasteiger charge is 2.11. The maximum atomic E-state index is 11.1. The van der Waals surface area contributed by atoms with Crippen molar-refractivity contribution in [3.8, 4) is 0 Å². The van der Waals surface area contributed by atoms with Gasteiger partial charge in [-0.25, -0.2) is 0 Å². The maximum Gasteiger partial charge on any atom is 0.221 e. The van der Waals surface area contributed by atoms with E-state index in [0.717, 1.165) is 23.5 Å². The number of carbonyl (C=O) groups excluding carboxylic acids is 1. The Bertz CT molecular complexity index is 429. The van der Waals surface area contributed by atoms with E-state index in [9.17, 15) is 4.79 Å². The van der Waals surface area contributed by atoms with Gasteiger partial charge in [-0.3, -0.25) is 4.79 Å². The smallest absolute Gasteiger partial charge is 0.221 e. The summed E-state index contributed by atoms with van der Waals surface area (Å²) in [5.41, 5.74) is 8.68. The average Bonchev–Trinajstić information content (AvgIpc) is 2.32. The third kappa shape index (κ3) is 4.91. The number of rotatable bonds is 6. The maximum absolute atomic E-state index is 11.1. The first-order valence-electron chi connectivity index (χ1n) is 6.76. The van der Waals surface area contributed by atoms with Gasteiger partial charge in [0.25, 0.3) is 0 Å². The fourth-order valence-electron chi connectivity index (χ4n) is 1.90. The highest BCUT2D eigenvalue weighted by molar-refractivity contribution is 5.90. The van der Waals surface area contributed by atoms with Crippen LogP contribution in [0.25, 0.3) is 0 Å². The van der Waals surface area contributed by atoms with Crippen LogP contribution in [0.1, 0.15) is 26.3 Å². The molecule has 0 saturated carbocycles. The van der Waals surface area contributed by atoms with Gasteiger partial charge in [-0.1, -0.05) is 19.9 Å². The molecule has 0 aliphatic rings. The minimum Gasteiger partial charge on any atom is -0.385 e. The zero-order chi connectivity index (χ0) is 14.4. The first kappa shape index (κ1) is 15.5. The second-order valence-electron chi connectivity index (χ2n) is 5.33. The molecule has 0 fully saturated rings. The van der Waals surface area contributed by atoms with Crippen molar-refractivity contribution in [3.05, 3.63) is 23.8 Å². The Hall–Kier alpha value is -1.55. The van der Waals surface area contributed by atoms with Crippen molar-refractivity contribution in [1.29, 1.82) is 0 Å². The molecular formula is C15H25N3O. The first-order valence-corrected chi connectivity index (χ1v) is 6.76. The average molecular weight is 263 g/mol. The summed E-state index contributed by atoms with van der Waals surface area (Å²) >= 11 is 0. The number of aryl methyl sites for hydroxylation is 1.